The third kappa shape index (κ3) is 2.15. The Morgan fingerprint density at radius 2 is 2.19 bits per heavy atom. The minimum Gasteiger partial charge on any atom is -0.370 e. The molecule has 1 aromatic carbocycles. The van der Waals surface area contributed by atoms with E-state index in [0.717, 1.165) is 0 Å². The van der Waals surface area contributed by atoms with E-state index >= 15 is 0 Å². The smallest absolute Gasteiger partial charge is 0.196 e. The van der Waals surface area contributed by atoms with E-state index in [1.54, 1.807) is 18.2 Å². The molecule has 86 valence electrons. The Hall–Kier alpha value is -1.59. The molecule has 0 fully saturated rings. The van der Waals surface area contributed by atoms with Crippen LogP contribution in [0.3, 0.4) is 0 Å². The Morgan fingerprint density at radius 1 is 1.44 bits per heavy atom. The van der Waals surface area contributed by atoms with Crippen molar-refractivity contribution < 1.29 is 14.5 Å². The second-order valence-electron chi connectivity index (χ2n) is 3.92. The molecule has 0 radical (unpaired) electrons. The van der Waals surface area contributed by atoms with Crippen LogP contribution in [0.5, 0.6) is 11.5 Å². The number of carbonyl (C=O) groups is 1. The Balaban J connectivity index is 2.12. The van der Waals surface area contributed by atoms with Crippen molar-refractivity contribution in [1.29, 1.82) is 0 Å². The van der Waals surface area contributed by atoms with E-state index in [2.05, 4.69) is 5.64 Å². The lowest BCUT2D eigenvalue weighted by Crippen LogP contribution is -2.15. The molecule has 1 atom stereocenters. The Kier molecular flexibility index (Phi) is 3.07. The molecule has 0 aliphatic carbocycles. The monoisotopic (exact) mass is 222 g/mol. The van der Waals surface area contributed by atoms with Crippen LogP contribution >= 0.6 is 0 Å². The third-order valence-corrected chi connectivity index (χ3v) is 2.51. The van der Waals surface area contributed by atoms with E-state index < -0.39 is 0 Å². The van der Waals surface area contributed by atoms with Crippen molar-refractivity contribution >= 4 is 5.78 Å². The van der Waals surface area contributed by atoms with Gasteiger partial charge in [0.2, 0.25) is 0 Å². The fourth-order valence-electron chi connectivity index (χ4n) is 1.47. The molecule has 1 aromatic rings. The highest BCUT2D eigenvalue weighted by Crippen LogP contribution is 2.31. The average molecular weight is 222 g/mol. The summed E-state index contributed by atoms with van der Waals surface area (Å²) in [4.78, 5) is 21.7. The summed E-state index contributed by atoms with van der Waals surface area (Å²) in [5.74, 6) is 1.38. The van der Waals surface area contributed by atoms with Crippen molar-refractivity contribution in [3.63, 3.8) is 0 Å². The predicted molar refractivity (Wildman–Crippen MR) is 58.0 cm³/mol. The maximum atomic E-state index is 11.8. The summed E-state index contributed by atoms with van der Waals surface area (Å²) in [6.45, 7) is 2.46. The molecule has 0 bridgehead atoms. The van der Waals surface area contributed by atoms with Gasteiger partial charge in [0.15, 0.2) is 17.3 Å². The number of nitrogens with one attached hydrogen (secondary N) is 1. The number of fused-ring (bicyclic) bond motifs is 1. The lowest BCUT2D eigenvalue weighted by molar-refractivity contribution is 0.0259. The zero-order chi connectivity index (χ0) is 11.5. The second-order valence-corrected chi connectivity index (χ2v) is 3.92. The quantitative estimate of drug-likeness (QED) is 0.745. The van der Waals surface area contributed by atoms with Gasteiger partial charge in [0, 0.05) is 17.6 Å². The highest BCUT2D eigenvalue weighted by Gasteiger charge is 2.17. The summed E-state index contributed by atoms with van der Waals surface area (Å²) in [7, 11) is 0. The molecule has 16 heavy (non-hydrogen) atoms. The van der Waals surface area contributed by atoms with Gasteiger partial charge in [0.05, 0.1) is 0 Å². The average Bonchev–Trinajstić information content (AvgIpc) is 2.75. The molecule has 2 rings (SSSR count). The van der Waals surface area contributed by atoms with Gasteiger partial charge in [0.25, 0.3) is 0 Å². The van der Waals surface area contributed by atoms with Gasteiger partial charge in [-0.1, -0.05) is 6.92 Å². The summed E-state index contributed by atoms with van der Waals surface area (Å²) in [5, 5.41) is 0. The van der Waals surface area contributed by atoms with Crippen LogP contribution in [0, 0.1) is 5.92 Å². The number of hydrogen-bond donors (Lipinski definition) is 2. The lowest BCUT2D eigenvalue weighted by Gasteiger charge is -2.07. The standard InChI is InChI=1S/C11H14N2O3/c1-7(6-12)4-9(14)8-2-3-10-11(5-8)16-13-15-10/h2-3,5,7,13H,4,6,12H2,1H3/t7-/m0/s1. The fourth-order valence-corrected chi connectivity index (χ4v) is 1.47. The summed E-state index contributed by atoms with van der Waals surface area (Å²) >= 11 is 0. The fraction of sp³-hybridized carbons (Fsp3) is 0.364. The molecule has 1 heterocycles. The minimum absolute atomic E-state index is 0.0660. The molecule has 0 aromatic heterocycles. The molecule has 1 aliphatic heterocycles. The van der Waals surface area contributed by atoms with Crippen LogP contribution in [0.2, 0.25) is 0 Å². The molecular weight excluding hydrogens is 208 g/mol. The lowest BCUT2D eigenvalue weighted by atomic mass is 10.00. The van der Waals surface area contributed by atoms with Gasteiger partial charge in [-0.25, -0.2) is 0 Å². The highest BCUT2D eigenvalue weighted by atomic mass is 16.9. The van der Waals surface area contributed by atoms with E-state index in [0.29, 0.717) is 30.0 Å². The number of nitrogens with two attached hydrogens (primary N) is 1. The van der Waals surface area contributed by atoms with Gasteiger partial charge in [-0.05, 0) is 30.7 Å². The summed E-state index contributed by atoms with van der Waals surface area (Å²) in [6.07, 6.45) is 0.448. The Bertz CT molecular complexity index is 406. The third-order valence-electron chi connectivity index (χ3n) is 2.51. The van der Waals surface area contributed by atoms with E-state index in [1.165, 1.54) is 0 Å². The zero-order valence-corrected chi connectivity index (χ0v) is 9.03. The molecule has 0 saturated carbocycles. The number of Topliss-reactive ketones (excluding diaryl/α,β-unsaturated/α-hetero) is 1. The molecule has 3 N–H and O–H groups in total. The molecule has 1 aliphatic rings. The van der Waals surface area contributed by atoms with Crippen molar-refractivity contribution in [3.05, 3.63) is 23.8 Å². The molecule has 0 spiro atoms. The number of hydrogen-bond acceptors (Lipinski definition) is 5. The highest BCUT2D eigenvalue weighted by molar-refractivity contribution is 5.96. The van der Waals surface area contributed by atoms with Crippen molar-refractivity contribution in [3.8, 4) is 11.5 Å². The zero-order valence-electron chi connectivity index (χ0n) is 9.03. The van der Waals surface area contributed by atoms with Crippen LogP contribution in [0.4, 0.5) is 0 Å². The second kappa shape index (κ2) is 4.51. The van der Waals surface area contributed by atoms with E-state index in [4.69, 9.17) is 15.4 Å². The van der Waals surface area contributed by atoms with Gasteiger partial charge in [-0.15, -0.1) is 0 Å². The van der Waals surface area contributed by atoms with Gasteiger partial charge >= 0.3 is 0 Å². The summed E-state index contributed by atoms with van der Waals surface area (Å²) in [6, 6.07) is 5.09. The first kappa shape index (κ1) is 10.9. The molecule has 0 amide bonds. The number of benzene rings is 1. The van der Waals surface area contributed by atoms with Gasteiger partial charge < -0.3 is 15.4 Å². The topological polar surface area (TPSA) is 73.6 Å². The van der Waals surface area contributed by atoms with E-state index in [9.17, 15) is 4.79 Å². The molecule has 5 heteroatoms. The first-order chi connectivity index (χ1) is 7.70. The van der Waals surface area contributed by atoms with Crippen LogP contribution < -0.4 is 21.1 Å². The van der Waals surface area contributed by atoms with E-state index in [-0.39, 0.29) is 11.7 Å². The number of ketones is 1. The van der Waals surface area contributed by atoms with Crippen molar-refractivity contribution in [1.82, 2.24) is 5.64 Å². The van der Waals surface area contributed by atoms with Crippen molar-refractivity contribution in [2.45, 2.75) is 13.3 Å². The van der Waals surface area contributed by atoms with Gasteiger partial charge in [-0.2, -0.15) is 0 Å². The Morgan fingerprint density at radius 3 is 2.94 bits per heavy atom. The predicted octanol–water partition coefficient (Wildman–Crippen LogP) is 1.05. The largest absolute Gasteiger partial charge is 0.370 e. The van der Waals surface area contributed by atoms with Gasteiger partial charge in [0.1, 0.15) is 0 Å². The van der Waals surface area contributed by atoms with Crippen molar-refractivity contribution in [2.24, 2.45) is 11.7 Å². The first-order valence-electron chi connectivity index (χ1n) is 5.16. The van der Waals surface area contributed by atoms with Gasteiger partial charge in [-0.3, -0.25) is 4.79 Å². The Labute approximate surface area is 93.4 Å². The van der Waals surface area contributed by atoms with Crippen molar-refractivity contribution in [2.75, 3.05) is 6.54 Å². The van der Waals surface area contributed by atoms with Crippen LogP contribution in [0.25, 0.3) is 0 Å². The number of carbonyl (C=O) groups excluding carboxylic acids is 1. The SMILES string of the molecule is C[C@H](CN)CC(=O)c1ccc2c(c1)ONO2. The molecule has 0 unspecified atom stereocenters. The van der Waals surface area contributed by atoms with E-state index in [1.807, 2.05) is 6.92 Å². The molecular formula is C11H14N2O3. The molecule has 0 saturated heterocycles. The maximum absolute atomic E-state index is 11.8. The minimum atomic E-state index is 0.0660. The van der Waals surface area contributed by atoms with Crippen LogP contribution in [-0.2, 0) is 0 Å². The summed E-state index contributed by atoms with van der Waals surface area (Å²) < 4.78 is 0. The summed E-state index contributed by atoms with van der Waals surface area (Å²) in [5.41, 5.74) is 8.37. The molecule has 5 nitrogen and oxygen atoms in total. The van der Waals surface area contributed by atoms with Crippen LogP contribution in [0.1, 0.15) is 23.7 Å². The normalized spacial score (nSPS) is 14.9. The number of rotatable bonds is 4. The van der Waals surface area contributed by atoms with Crippen LogP contribution in [-0.4, -0.2) is 12.3 Å². The van der Waals surface area contributed by atoms with Crippen LogP contribution in [0.15, 0.2) is 18.2 Å². The first-order valence-corrected chi connectivity index (χ1v) is 5.16. The maximum Gasteiger partial charge on any atom is 0.196 e.